The Hall–Kier alpha value is -3.74. The second-order valence-corrected chi connectivity index (χ2v) is 8.12. The molecule has 1 aromatic heterocycles. The molecule has 0 aliphatic rings. The zero-order valence-electron chi connectivity index (χ0n) is 16.9. The molecule has 7 heteroatoms. The molecule has 0 radical (unpaired) electrons. The van der Waals surface area contributed by atoms with Crippen molar-refractivity contribution >= 4 is 51.3 Å². The second kappa shape index (κ2) is 10.5. The SMILES string of the molecule is O=C(Nc1sc(NN=CC=Cc2ccccc2)nc1-c1ccccc1)c1ccc(Cl)cc1. The molecule has 1 amide bonds. The minimum Gasteiger partial charge on any atom is -0.312 e. The Kier molecular flexibility index (Phi) is 7.07. The fourth-order valence-electron chi connectivity index (χ4n) is 2.87. The Labute approximate surface area is 195 Å². The summed E-state index contributed by atoms with van der Waals surface area (Å²) in [5, 5.41) is 8.95. The van der Waals surface area contributed by atoms with Crippen molar-refractivity contribution in [3.05, 3.63) is 107 Å². The van der Waals surface area contributed by atoms with E-state index in [1.807, 2.05) is 72.8 Å². The molecule has 0 unspecified atom stereocenters. The fraction of sp³-hybridized carbons (Fsp3) is 0. The summed E-state index contributed by atoms with van der Waals surface area (Å²) in [5.74, 6) is -0.233. The van der Waals surface area contributed by atoms with Crippen LogP contribution in [0.15, 0.2) is 96.1 Å². The maximum absolute atomic E-state index is 12.7. The molecule has 0 atom stereocenters. The first-order chi connectivity index (χ1) is 15.7. The summed E-state index contributed by atoms with van der Waals surface area (Å²) >= 11 is 7.24. The predicted octanol–water partition coefficient (Wildman–Crippen LogP) is 6.83. The lowest BCUT2D eigenvalue weighted by atomic mass is 10.1. The van der Waals surface area contributed by atoms with Crippen LogP contribution in [0, 0.1) is 0 Å². The van der Waals surface area contributed by atoms with Crippen LogP contribution >= 0.6 is 22.9 Å². The lowest BCUT2D eigenvalue weighted by Gasteiger charge is -2.05. The van der Waals surface area contributed by atoms with Gasteiger partial charge < -0.3 is 5.32 Å². The Morgan fingerprint density at radius 3 is 2.34 bits per heavy atom. The molecule has 4 rings (SSSR count). The van der Waals surface area contributed by atoms with Gasteiger partial charge in [0.25, 0.3) is 5.91 Å². The number of aromatic nitrogens is 1. The van der Waals surface area contributed by atoms with Crippen LogP contribution in [0.2, 0.25) is 5.02 Å². The molecule has 158 valence electrons. The normalized spacial score (nSPS) is 11.2. The molecule has 2 N–H and O–H groups in total. The number of hydrogen-bond donors (Lipinski definition) is 2. The van der Waals surface area contributed by atoms with Crippen molar-refractivity contribution in [3.8, 4) is 11.3 Å². The molecule has 1 heterocycles. The van der Waals surface area contributed by atoms with Gasteiger partial charge >= 0.3 is 0 Å². The van der Waals surface area contributed by atoms with Gasteiger partial charge in [-0.15, -0.1) is 0 Å². The number of amides is 1. The number of nitrogens with one attached hydrogen (secondary N) is 2. The highest BCUT2D eigenvalue weighted by atomic mass is 35.5. The van der Waals surface area contributed by atoms with E-state index < -0.39 is 0 Å². The van der Waals surface area contributed by atoms with Crippen molar-refractivity contribution in [2.75, 3.05) is 10.7 Å². The smallest absolute Gasteiger partial charge is 0.256 e. The summed E-state index contributed by atoms with van der Waals surface area (Å²) in [6.45, 7) is 0. The molecule has 0 aliphatic carbocycles. The number of hydrogen-bond acceptors (Lipinski definition) is 5. The third-order valence-corrected chi connectivity index (χ3v) is 5.54. The van der Waals surface area contributed by atoms with Gasteiger partial charge in [0, 0.05) is 22.4 Å². The molecule has 0 fully saturated rings. The number of anilines is 2. The number of hydrazone groups is 1. The van der Waals surface area contributed by atoms with Gasteiger partial charge in [-0.1, -0.05) is 89.7 Å². The minimum atomic E-state index is -0.233. The third-order valence-electron chi connectivity index (χ3n) is 4.42. The standard InChI is InChI=1S/C25H19ClN4OS/c26-21-15-13-20(14-16-21)23(31)29-24-22(19-11-5-2-6-12-19)28-25(32-24)30-27-17-7-10-18-8-3-1-4-9-18/h1-17H,(H,28,30)(H,29,31). The minimum absolute atomic E-state index is 0.233. The van der Waals surface area contributed by atoms with Gasteiger partial charge in [0.2, 0.25) is 5.13 Å². The van der Waals surface area contributed by atoms with E-state index in [0.717, 1.165) is 11.1 Å². The van der Waals surface area contributed by atoms with Crippen molar-refractivity contribution in [1.82, 2.24) is 4.98 Å². The third kappa shape index (κ3) is 5.69. The first kappa shape index (κ1) is 21.5. The average molecular weight is 459 g/mol. The van der Waals surface area contributed by atoms with Crippen LogP contribution in [0.4, 0.5) is 10.1 Å². The largest absolute Gasteiger partial charge is 0.312 e. The van der Waals surface area contributed by atoms with Crippen molar-refractivity contribution in [2.45, 2.75) is 0 Å². The molecular formula is C25H19ClN4OS. The molecule has 32 heavy (non-hydrogen) atoms. The summed E-state index contributed by atoms with van der Waals surface area (Å²) in [6, 6.07) is 26.4. The number of carbonyl (C=O) groups excluding carboxylic acids is 1. The lowest BCUT2D eigenvalue weighted by Crippen LogP contribution is -2.11. The monoisotopic (exact) mass is 458 g/mol. The Morgan fingerprint density at radius 1 is 0.938 bits per heavy atom. The number of nitrogens with zero attached hydrogens (tertiary/aromatic N) is 2. The quantitative estimate of drug-likeness (QED) is 0.235. The van der Waals surface area contributed by atoms with E-state index in [1.165, 1.54) is 11.3 Å². The zero-order chi connectivity index (χ0) is 22.2. The second-order valence-electron chi connectivity index (χ2n) is 6.68. The van der Waals surface area contributed by atoms with Gasteiger partial charge in [-0.25, -0.2) is 4.98 Å². The Bertz CT molecular complexity index is 1240. The first-order valence-electron chi connectivity index (χ1n) is 9.83. The first-order valence-corrected chi connectivity index (χ1v) is 11.0. The molecule has 0 saturated carbocycles. The van der Waals surface area contributed by atoms with E-state index >= 15 is 0 Å². The highest BCUT2D eigenvalue weighted by Gasteiger charge is 2.16. The molecule has 0 spiro atoms. The molecule has 0 bridgehead atoms. The van der Waals surface area contributed by atoms with Crippen molar-refractivity contribution in [1.29, 1.82) is 0 Å². The van der Waals surface area contributed by atoms with Crippen LogP contribution in [0.3, 0.4) is 0 Å². The lowest BCUT2D eigenvalue weighted by molar-refractivity contribution is 0.102. The predicted molar refractivity (Wildman–Crippen MR) is 135 cm³/mol. The van der Waals surface area contributed by atoms with Crippen molar-refractivity contribution in [2.24, 2.45) is 5.10 Å². The van der Waals surface area contributed by atoms with E-state index in [-0.39, 0.29) is 5.91 Å². The molecule has 0 aliphatic heterocycles. The number of rotatable bonds is 7. The maximum atomic E-state index is 12.7. The summed E-state index contributed by atoms with van der Waals surface area (Å²) in [5.41, 5.74) is 6.12. The van der Waals surface area contributed by atoms with Crippen LogP contribution in [0.5, 0.6) is 0 Å². The number of halogens is 1. The Balaban J connectivity index is 1.51. The van der Waals surface area contributed by atoms with Gasteiger partial charge in [0.05, 0.1) is 0 Å². The van der Waals surface area contributed by atoms with E-state index in [1.54, 1.807) is 30.5 Å². The van der Waals surface area contributed by atoms with Gasteiger partial charge in [-0.3, -0.25) is 10.2 Å². The maximum Gasteiger partial charge on any atom is 0.256 e. The molecule has 0 saturated heterocycles. The zero-order valence-corrected chi connectivity index (χ0v) is 18.5. The molecular weight excluding hydrogens is 440 g/mol. The van der Waals surface area contributed by atoms with E-state index in [9.17, 15) is 4.79 Å². The van der Waals surface area contributed by atoms with Crippen LogP contribution in [-0.4, -0.2) is 17.1 Å². The fourth-order valence-corrected chi connectivity index (χ4v) is 3.83. The van der Waals surface area contributed by atoms with Crippen LogP contribution in [-0.2, 0) is 0 Å². The van der Waals surface area contributed by atoms with E-state index in [2.05, 4.69) is 20.8 Å². The highest BCUT2D eigenvalue weighted by Crippen LogP contribution is 2.36. The molecule has 4 aromatic rings. The van der Waals surface area contributed by atoms with Gasteiger partial charge in [0.15, 0.2) is 0 Å². The topological polar surface area (TPSA) is 66.4 Å². The van der Waals surface area contributed by atoms with Crippen LogP contribution in [0.1, 0.15) is 15.9 Å². The summed E-state index contributed by atoms with van der Waals surface area (Å²) < 4.78 is 0. The number of carbonyl (C=O) groups is 1. The Morgan fingerprint density at radius 2 is 1.62 bits per heavy atom. The molecule has 3 aromatic carbocycles. The van der Waals surface area contributed by atoms with Gasteiger partial charge in [-0.2, -0.15) is 5.10 Å². The van der Waals surface area contributed by atoms with Gasteiger partial charge in [-0.05, 0) is 35.9 Å². The van der Waals surface area contributed by atoms with Crippen molar-refractivity contribution in [3.63, 3.8) is 0 Å². The van der Waals surface area contributed by atoms with E-state index in [4.69, 9.17) is 11.6 Å². The van der Waals surface area contributed by atoms with Crippen LogP contribution < -0.4 is 10.7 Å². The van der Waals surface area contributed by atoms with Crippen molar-refractivity contribution < 1.29 is 4.79 Å². The molecule has 5 nitrogen and oxygen atoms in total. The summed E-state index contributed by atoms with van der Waals surface area (Å²) in [6.07, 6.45) is 5.46. The summed E-state index contributed by atoms with van der Waals surface area (Å²) in [4.78, 5) is 17.3. The highest BCUT2D eigenvalue weighted by molar-refractivity contribution is 7.20. The van der Waals surface area contributed by atoms with Gasteiger partial charge in [0.1, 0.15) is 10.7 Å². The van der Waals surface area contributed by atoms with E-state index in [0.29, 0.717) is 26.4 Å². The number of allylic oxidation sites excluding steroid dienone is 1. The number of benzene rings is 3. The average Bonchev–Trinajstić information content (AvgIpc) is 3.23. The number of thiazole rings is 1. The summed E-state index contributed by atoms with van der Waals surface area (Å²) in [7, 11) is 0. The van der Waals surface area contributed by atoms with Crippen LogP contribution in [0.25, 0.3) is 17.3 Å².